The van der Waals surface area contributed by atoms with Crippen molar-refractivity contribution in [1.29, 1.82) is 0 Å². The highest BCUT2D eigenvalue weighted by Crippen LogP contribution is 2.25. The zero-order valence-corrected chi connectivity index (χ0v) is 15.9. The number of nitrogens with zero attached hydrogens (tertiary/aromatic N) is 3. The van der Waals surface area contributed by atoms with Crippen molar-refractivity contribution in [3.8, 4) is 5.75 Å². The Morgan fingerprint density at radius 3 is 2.81 bits per heavy atom. The van der Waals surface area contributed by atoms with Crippen molar-refractivity contribution in [2.75, 3.05) is 33.3 Å². The summed E-state index contributed by atoms with van der Waals surface area (Å²) in [6.07, 6.45) is 4.52. The Morgan fingerprint density at radius 1 is 1.37 bits per heavy atom. The molecule has 3 rings (SSSR count). The largest absolute Gasteiger partial charge is 0.496 e. The molecule has 146 valence electrons. The Hall–Kier alpha value is -2.58. The van der Waals surface area contributed by atoms with Crippen LogP contribution in [-0.4, -0.2) is 70.5 Å². The van der Waals surface area contributed by atoms with Crippen LogP contribution in [0.25, 0.3) is 0 Å². The second kappa shape index (κ2) is 10.5. The molecule has 8 nitrogen and oxygen atoms in total. The van der Waals surface area contributed by atoms with E-state index in [1.165, 1.54) is 0 Å². The molecule has 1 aliphatic rings. The number of hydrogen-bond donors (Lipinski definition) is 2. The summed E-state index contributed by atoms with van der Waals surface area (Å²) in [4.78, 5) is 32.8. The van der Waals surface area contributed by atoms with Gasteiger partial charge < -0.3 is 19.7 Å². The van der Waals surface area contributed by atoms with E-state index < -0.39 is 0 Å². The molecule has 0 radical (unpaired) electrons. The third-order valence-electron chi connectivity index (χ3n) is 4.20. The zero-order chi connectivity index (χ0) is 19.6. The number of amides is 1. The number of imidazole rings is 1. The number of carboxylic acid groups (broad SMARTS) is 1. The summed E-state index contributed by atoms with van der Waals surface area (Å²) in [5, 5.41) is 7.45. The molecule has 0 atom stereocenters. The molecule has 1 aromatic carbocycles. The number of rotatable bonds is 4. The first-order valence-electron chi connectivity index (χ1n) is 8.50. The Bertz CT molecular complexity index is 739. The van der Waals surface area contributed by atoms with Crippen molar-refractivity contribution < 1.29 is 19.4 Å². The second-order valence-electron chi connectivity index (χ2n) is 5.91. The number of H-pyrrole nitrogens is 1. The van der Waals surface area contributed by atoms with Crippen molar-refractivity contribution >= 4 is 24.0 Å². The van der Waals surface area contributed by atoms with Crippen LogP contribution in [0.4, 0.5) is 0 Å². The number of benzene rings is 1. The number of methoxy groups -OCH3 is 1. The van der Waals surface area contributed by atoms with Gasteiger partial charge in [0.1, 0.15) is 11.6 Å². The Balaban J connectivity index is 0.000000817. The van der Waals surface area contributed by atoms with Gasteiger partial charge in [0.05, 0.1) is 19.2 Å². The van der Waals surface area contributed by atoms with E-state index in [-0.39, 0.29) is 12.4 Å². The molecule has 1 aromatic heterocycles. The maximum atomic E-state index is 12.8. The van der Waals surface area contributed by atoms with Gasteiger partial charge in [0.25, 0.3) is 12.4 Å². The fourth-order valence-electron chi connectivity index (χ4n) is 2.94. The van der Waals surface area contributed by atoms with Crippen LogP contribution in [0.5, 0.6) is 5.75 Å². The molecule has 0 spiro atoms. The van der Waals surface area contributed by atoms with Crippen molar-refractivity contribution in [2.45, 2.75) is 13.0 Å². The van der Waals surface area contributed by atoms with Crippen molar-refractivity contribution in [2.24, 2.45) is 0 Å². The number of aromatic nitrogens is 2. The molecule has 0 unspecified atom stereocenters. The van der Waals surface area contributed by atoms with Crippen LogP contribution in [0.3, 0.4) is 0 Å². The van der Waals surface area contributed by atoms with Crippen LogP contribution in [0.2, 0.25) is 5.02 Å². The number of carbonyl (C=O) groups excluding carboxylic acids is 1. The molecule has 1 saturated heterocycles. The fraction of sp³-hybridized carbons (Fsp3) is 0.389. The molecule has 1 aliphatic heterocycles. The van der Waals surface area contributed by atoms with E-state index in [0.29, 0.717) is 22.9 Å². The predicted molar refractivity (Wildman–Crippen MR) is 101 cm³/mol. The van der Waals surface area contributed by atoms with Crippen LogP contribution in [-0.2, 0) is 11.3 Å². The minimum atomic E-state index is -0.250. The van der Waals surface area contributed by atoms with E-state index >= 15 is 0 Å². The molecular formula is C18H23ClN4O4. The van der Waals surface area contributed by atoms with Gasteiger partial charge in [-0.3, -0.25) is 14.5 Å². The number of ether oxygens (including phenoxy) is 1. The summed E-state index contributed by atoms with van der Waals surface area (Å²) >= 11 is 5.98. The summed E-state index contributed by atoms with van der Waals surface area (Å²) in [7, 11) is 1.55. The summed E-state index contributed by atoms with van der Waals surface area (Å²) in [5.74, 6) is 1.46. The molecule has 0 aliphatic carbocycles. The SMILES string of the molecule is COc1cc(Cl)ccc1C(=O)N1CCCN(Cc2ncc[nH]2)CC1.O=CO. The lowest BCUT2D eigenvalue weighted by atomic mass is 10.1. The molecule has 2 N–H and O–H groups in total. The summed E-state index contributed by atoms with van der Waals surface area (Å²) in [6, 6.07) is 5.13. The lowest BCUT2D eigenvalue weighted by molar-refractivity contribution is -0.122. The van der Waals surface area contributed by atoms with Gasteiger partial charge in [-0.25, -0.2) is 4.98 Å². The molecular weight excluding hydrogens is 372 g/mol. The minimum absolute atomic E-state index is 0.0108. The Labute approximate surface area is 162 Å². The highest BCUT2D eigenvalue weighted by atomic mass is 35.5. The normalized spacial score (nSPS) is 14.7. The van der Waals surface area contributed by atoms with Gasteiger partial charge in [-0.2, -0.15) is 0 Å². The Kier molecular flexibility index (Phi) is 8.09. The highest BCUT2D eigenvalue weighted by molar-refractivity contribution is 6.30. The first-order chi connectivity index (χ1) is 13.1. The fourth-order valence-corrected chi connectivity index (χ4v) is 3.10. The van der Waals surface area contributed by atoms with Crippen LogP contribution in [0.1, 0.15) is 22.6 Å². The average molecular weight is 395 g/mol. The van der Waals surface area contributed by atoms with E-state index in [1.54, 1.807) is 31.5 Å². The highest BCUT2D eigenvalue weighted by Gasteiger charge is 2.23. The standard InChI is InChI=1S/C17H21ClN4O2.CH2O2/c1-24-15-11-13(18)3-4-14(15)17(23)22-8-2-7-21(9-10-22)12-16-19-5-6-20-16;2-1-3/h3-6,11H,2,7-10,12H2,1H3,(H,19,20);1H,(H,2,3). The topological polar surface area (TPSA) is 98.8 Å². The first-order valence-corrected chi connectivity index (χ1v) is 8.88. The predicted octanol–water partition coefficient (Wildman–Crippen LogP) is 2.12. The van der Waals surface area contributed by atoms with Gasteiger partial charge in [0, 0.05) is 43.6 Å². The van der Waals surface area contributed by atoms with Crippen LogP contribution >= 0.6 is 11.6 Å². The lowest BCUT2D eigenvalue weighted by Gasteiger charge is -2.22. The molecule has 9 heteroatoms. The molecule has 2 aromatic rings. The van der Waals surface area contributed by atoms with E-state index in [4.69, 9.17) is 26.2 Å². The van der Waals surface area contributed by atoms with Crippen LogP contribution in [0, 0.1) is 0 Å². The summed E-state index contributed by atoms with van der Waals surface area (Å²) in [6.45, 7) is 3.72. The third-order valence-corrected chi connectivity index (χ3v) is 4.43. The number of hydrogen-bond acceptors (Lipinski definition) is 5. The molecule has 0 bridgehead atoms. The number of aromatic amines is 1. The third kappa shape index (κ3) is 5.97. The monoisotopic (exact) mass is 394 g/mol. The molecule has 0 saturated carbocycles. The Morgan fingerprint density at radius 2 is 2.15 bits per heavy atom. The van der Waals surface area contributed by atoms with E-state index in [2.05, 4.69) is 14.9 Å². The quantitative estimate of drug-likeness (QED) is 0.771. The van der Waals surface area contributed by atoms with E-state index in [1.807, 2.05) is 11.1 Å². The average Bonchev–Trinajstić information content (AvgIpc) is 3.06. The van der Waals surface area contributed by atoms with E-state index in [0.717, 1.165) is 38.4 Å². The molecule has 27 heavy (non-hydrogen) atoms. The molecule has 1 amide bonds. The lowest BCUT2D eigenvalue weighted by Crippen LogP contribution is -2.35. The zero-order valence-electron chi connectivity index (χ0n) is 15.1. The van der Waals surface area contributed by atoms with Gasteiger partial charge in [0.15, 0.2) is 0 Å². The number of nitrogens with one attached hydrogen (secondary N) is 1. The van der Waals surface area contributed by atoms with Crippen molar-refractivity contribution in [1.82, 2.24) is 19.8 Å². The van der Waals surface area contributed by atoms with Gasteiger partial charge in [-0.15, -0.1) is 0 Å². The number of halogens is 1. The molecule has 1 fully saturated rings. The van der Waals surface area contributed by atoms with Gasteiger partial charge in [-0.1, -0.05) is 11.6 Å². The summed E-state index contributed by atoms with van der Waals surface area (Å²) in [5.41, 5.74) is 0.557. The minimum Gasteiger partial charge on any atom is -0.496 e. The van der Waals surface area contributed by atoms with Gasteiger partial charge in [-0.05, 0) is 24.6 Å². The van der Waals surface area contributed by atoms with Crippen LogP contribution in [0.15, 0.2) is 30.6 Å². The maximum Gasteiger partial charge on any atom is 0.290 e. The van der Waals surface area contributed by atoms with Crippen LogP contribution < -0.4 is 4.74 Å². The summed E-state index contributed by atoms with van der Waals surface area (Å²) < 4.78 is 5.31. The number of carbonyl (C=O) groups is 2. The van der Waals surface area contributed by atoms with Crippen molar-refractivity contribution in [3.05, 3.63) is 47.0 Å². The first kappa shape index (κ1) is 20.7. The maximum absolute atomic E-state index is 12.8. The van der Waals surface area contributed by atoms with E-state index in [9.17, 15) is 4.79 Å². The van der Waals surface area contributed by atoms with Gasteiger partial charge >= 0.3 is 0 Å². The van der Waals surface area contributed by atoms with Crippen molar-refractivity contribution in [3.63, 3.8) is 0 Å². The molecule has 2 heterocycles. The smallest absolute Gasteiger partial charge is 0.290 e. The second-order valence-corrected chi connectivity index (χ2v) is 6.34. The van der Waals surface area contributed by atoms with Gasteiger partial charge in [0.2, 0.25) is 0 Å².